The van der Waals surface area contributed by atoms with E-state index >= 15 is 0 Å². The molecular formula is C22H13F4N3. The molecule has 0 fully saturated rings. The van der Waals surface area contributed by atoms with Gasteiger partial charge in [0.05, 0.1) is 17.6 Å². The first kappa shape index (κ1) is 18.7. The number of pyridine rings is 3. The van der Waals surface area contributed by atoms with Crippen LogP contribution in [-0.2, 0) is 6.42 Å². The molecule has 4 aromatic rings. The predicted molar refractivity (Wildman–Crippen MR) is 99.8 cm³/mol. The van der Waals surface area contributed by atoms with Gasteiger partial charge in [0.25, 0.3) is 0 Å². The number of rotatable bonds is 4. The van der Waals surface area contributed by atoms with Crippen molar-refractivity contribution in [1.82, 2.24) is 15.0 Å². The van der Waals surface area contributed by atoms with Gasteiger partial charge >= 0.3 is 0 Å². The first-order valence-corrected chi connectivity index (χ1v) is 8.68. The lowest BCUT2D eigenvalue weighted by Gasteiger charge is -2.07. The molecule has 3 nitrogen and oxygen atoms in total. The van der Waals surface area contributed by atoms with Crippen LogP contribution in [0.15, 0.2) is 66.9 Å². The molecule has 3 aromatic heterocycles. The fraction of sp³-hybridized carbons (Fsp3) is 0.0455. The normalized spacial score (nSPS) is 10.9. The number of hydrogen-bond donors (Lipinski definition) is 0. The summed E-state index contributed by atoms with van der Waals surface area (Å²) in [5.74, 6) is -2.93. The molecular weight excluding hydrogens is 382 g/mol. The zero-order chi connectivity index (χ0) is 20.4. The highest BCUT2D eigenvalue weighted by atomic mass is 19.1. The largest absolute Gasteiger partial charge is 0.252 e. The van der Waals surface area contributed by atoms with E-state index in [0.29, 0.717) is 23.5 Å². The SMILES string of the molecule is Fc1ccc(-c2cccc(Cc3cccc(-c4ncc(F)cc4F)n3)n2)c(F)c1. The van der Waals surface area contributed by atoms with E-state index < -0.39 is 23.3 Å². The highest BCUT2D eigenvalue weighted by Crippen LogP contribution is 2.23. The minimum Gasteiger partial charge on any atom is -0.252 e. The van der Waals surface area contributed by atoms with Crippen LogP contribution in [0.3, 0.4) is 0 Å². The molecule has 0 aliphatic carbocycles. The minimum atomic E-state index is -0.804. The number of halogens is 4. The van der Waals surface area contributed by atoms with Gasteiger partial charge in [-0.1, -0.05) is 12.1 Å². The summed E-state index contributed by atoms with van der Waals surface area (Å²) in [4.78, 5) is 12.6. The Bertz CT molecular complexity index is 1100. The van der Waals surface area contributed by atoms with Gasteiger partial charge in [0.1, 0.15) is 23.1 Å². The average Bonchev–Trinajstić information content (AvgIpc) is 2.68. The van der Waals surface area contributed by atoms with Gasteiger partial charge in [-0.2, -0.15) is 0 Å². The Morgan fingerprint density at radius 1 is 0.655 bits per heavy atom. The lowest BCUT2D eigenvalue weighted by Crippen LogP contribution is -2.00. The van der Waals surface area contributed by atoms with E-state index in [1.165, 1.54) is 12.1 Å². The van der Waals surface area contributed by atoms with Gasteiger partial charge in [0, 0.05) is 35.5 Å². The second-order valence-corrected chi connectivity index (χ2v) is 6.31. The van der Waals surface area contributed by atoms with E-state index in [1.807, 2.05) is 0 Å². The molecule has 0 atom stereocenters. The third kappa shape index (κ3) is 4.13. The van der Waals surface area contributed by atoms with Gasteiger partial charge in [-0.15, -0.1) is 0 Å². The molecule has 29 heavy (non-hydrogen) atoms. The molecule has 0 aliphatic rings. The van der Waals surface area contributed by atoms with Crippen LogP contribution in [0.25, 0.3) is 22.6 Å². The summed E-state index contributed by atoms with van der Waals surface area (Å²) in [5, 5.41) is 0. The molecule has 0 saturated heterocycles. The van der Waals surface area contributed by atoms with Crippen molar-refractivity contribution in [2.24, 2.45) is 0 Å². The van der Waals surface area contributed by atoms with Crippen LogP contribution in [0.4, 0.5) is 17.6 Å². The summed E-state index contributed by atoms with van der Waals surface area (Å²) in [6, 6.07) is 14.1. The van der Waals surface area contributed by atoms with E-state index in [9.17, 15) is 17.6 Å². The van der Waals surface area contributed by atoms with Crippen LogP contribution >= 0.6 is 0 Å². The highest BCUT2D eigenvalue weighted by molar-refractivity contribution is 5.60. The van der Waals surface area contributed by atoms with Crippen molar-refractivity contribution in [2.75, 3.05) is 0 Å². The molecule has 1 aromatic carbocycles. The van der Waals surface area contributed by atoms with E-state index in [1.54, 1.807) is 36.4 Å². The van der Waals surface area contributed by atoms with Crippen LogP contribution in [0.5, 0.6) is 0 Å². The van der Waals surface area contributed by atoms with Crippen molar-refractivity contribution in [3.63, 3.8) is 0 Å². The summed E-state index contributed by atoms with van der Waals surface area (Å²) >= 11 is 0. The minimum absolute atomic E-state index is 0.0525. The predicted octanol–water partition coefficient (Wildman–Crippen LogP) is 5.35. The standard InChI is InChI=1S/C22H13F4N3/c23-13-7-8-17(18(25)9-13)20-5-1-3-15(28-20)11-16-4-2-6-21(29-16)22-19(26)10-14(24)12-27-22/h1-10,12H,11H2. The molecule has 0 aliphatic heterocycles. The monoisotopic (exact) mass is 395 g/mol. The molecule has 7 heteroatoms. The van der Waals surface area contributed by atoms with Crippen molar-refractivity contribution in [1.29, 1.82) is 0 Å². The van der Waals surface area contributed by atoms with Crippen LogP contribution in [0.1, 0.15) is 11.4 Å². The van der Waals surface area contributed by atoms with Gasteiger partial charge in [0.2, 0.25) is 0 Å². The van der Waals surface area contributed by atoms with Crippen molar-refractivity contribution >= 4 is 0 Å². The summed E-state index contributed by atoms with van der Waals surface area (Å²) < 4.78 is 54.2. The quantitative estimate of drug-likeness (QED) is 0.437. The van der Waals surface area contributed by atoms with E-state index in [-0.39, 0.29) is 17.0 Å². The fourth-order valence-corrected chi connectivity index (χ4v) is 2.92. The van der Waals surface area contributed by atoms with Crippen LogP contribution < -0.4 is 0 Å². The fourth-order valence-electron chi connectivity index (χ4n) is 2.92. The van der Waals surface area contributed by atoms with E-state index in [4.69, 9.17) is 0 Å². The van der Waals surface area contributed by atoms with Crippen LogP contribution in [0.2, 0.25) is 0 Å². The molecule has 0 spiro atoms. The molecule has 0 amide bonds. The third-order valence-corrected chi connectivity index (χ3v) is 4.23. The Kier molecular flexibility index (Phi) is 5.03. The second kappa shape index (κ2) is 7.79. The number of hydrogen-bond acceptors (Lipinski definition) is 3. The van der Waals surface area contributed by atoms with Gasteiger partial charge in [0.15, 0.2) is 5.82 Å². The molecule has 0 radical (unpaired) electrons. The average molecular weight is 395 g/mol. The number of aromatic nitrogens is 3. The summed E-state index contributed by atoms with van der Waals surface area (Å²) in [5.41, 5.74) is 1.94. The molecule has 0 unspecified atom stereocenters. The first-order chi connectivity index (χ1) is 14.0. The highest BCUT2D eigenvalue weighted by Gasteiger charge is 2.12. The lowest BCUT2D eigenvalue weighted by atomic mass is 10.1. The van der Waals surface area contributed by atoms with E-state index in [0.717, 1.165) is 18.3 Å². The Labute approximate surface area is 163 Å². The topological polar surface area (TPSA) is 38.7 Å². The number of benzene rings is 1. The zero-order valence-corrected chi connectivity index (χ0v) is 14.9. The Balaban J connectivity index is 1.63. The Morgan fingerprint density at radius 3 is 2.00 bits per heavy atom. The van der Waals surface area contributed by atoms with Gasteiger partial charge in [-0.3, -0.25) is 9.97 Å². The maximum absolute atomic E-state index is 14.0. The molecule has 0 bridgehead atoms. The second-order valence-electron chi connectivity index (χ2n) is 6.31. The third-order valence-electron chi connectivity index (χ3n) is 4.23. The van der Waals surface area contributed by atoms with Crippen LogP contribution in [0, 0.1) is 23.3 Å². The first-order valence-electron chi connectivity index (χ1n) is 8.68. The molecule has 0 saturated carbocycles. The number of nitrogens with zero attached hydrogens (tertiary/aromatic N) is 3. The smallest absolute Gasteiger partial charge is 0.153 e. The van der Waals surface area contributed by atoms with Gasteiger partial charge in [-0.25, -0.2) is 22.5 Å². The molecule has 4 rings (SSSR count). The lowest BCUT2D eigenvalue weighted by molar-refractivity contribution is 0.575. The van der Waals surface area contributed by atoms with Gasteiger partial charge in [-0.05, 0) is 36.4 Å². The van der Waals surface area contributed by atoms with E-state index in [2.05, 4.69) is 15.0 Å². The maximum Gasteiger partial charge on any atom is 0.153 e. The van der Waals surface area contributed by atoms with Crippen molar-refractivity contribution in [3.8, 4) is 22.6 Å². The van der Waals surface area contributed by atoms with Crippen molar-refractivity contribution < 1.29 is 17.6 Å². The summed E-state index contributed by atoms with van der Waals surface area (Å²) in [6.45, 7) is 0. The molecule has 3 heterocycles. The summed E-state index contributed by atoms with van der Waals surface area (Å²) in [6.07, 6.45) is 1.22. The summed E-state index contributed by atoms with van der Waals surface area (Å²) in [7, 11) is 0. The molecule has 144 valence electrons. The van der Waals surface area contributed by atoms with Gasteiger partial charge < -0.3 is 0 Å². The Hall–Kier alpha value is -3.61. The Morgan fingerprint density at radius 2 is 1.31 bits per heavy atom. The van der Waals surface area contributed by atoms with Crippen LogP contribution in [-0.4, -0.2) is 15.0 Å². The van der Waals surface area contributed by atoms with Crippen molar-refractivity contribution in [3.05, 3.63) is 102 Å². The van der Waals surface area contributed by atoms with Crippen molar-refractivity contribution in [2.45, 2.75) is 6.42 Å². The zero-order valence-electron chi connectivity index (χ0n) is 14.9. The molecule has 0 N–H and O–H groups in total. The maximum atomic E-state index is 14.0.